The van der Waals surface area contributed by atoms with Gasteiger partial charge in [0.25, 0.3) is 0 Å². The van der Waals surface area contributed by atoms with E-state index in [4.69, 9.17) is 0 Å². The summed E-state index contributed by atoms with van der Waals surface area (Å²) in [5.41, 5.74) is 3.73. The molecular formula is C20H30FN3. The molecule has 132 valence electrons. The van der Waals surface area contributed by atoms with Crippen molar-refractivity contribution in [3.8, 4) is 11.1 Å². The number of unbranched alkanes of at least 4 members (excludes halogenated alkanes) is 3. The predicted molar refractivity (Wildman–Crippen MR) is 100 cm³/mol. The van der Waals surface area contributed by atoms with Crippen molar-refractivity contribution in [3.63, 3.8) is 0 Å². The third-order valence-electron chi connectivity index (χ3n) is 4.49. The van der Waals surface area contributed by atoms with Crippen molar-refractivity contribution in [3.05, 3.63) is 35.9 Å². The van der Waals surface area contributed by atoms with E-state index in [0.29, 0.717) is 5.56 Å². The van der Waals surface area contributed by atoms with E-state index in [9.17, 15) is 4.39 Å². The molecule has 0 N–H and O–H groups in total. The summed E-state index contributed by atoms with van der Waals surface area (Å²) in [6.07, 6.45) is 11.2. The first-order valence-corrected chi connectivity index (χ1v) is 9.09. The Morgan fingerprint density at radius 2 is 1.83 bits per heavy atom. The Morgan fingerprint density at radius 3 is 2.42 bits per heavy atom. The smallest absolute Gasteiger partial charge is 0.133 e. The Hall–Kier alpha value is -1.84. The third-order valence-corrected chi connectivity index (χ3v) is 4.49. The monoisotopic (exact) mass is 331 g/mol. The maximum atomic E-state index is 14.2. The average Bonchev–Trinajstić information content (AvgIpc) is 3.00. The molecule has 0 saturated heterocycles. The van der Waals surface area contributed by atoms with Crippen LogP contribution in [0.5, 0.6) is 0 Å². The molecule has 0 unspecified atom stereocenters. The van der Waals surface area contributed by atoms with Gasteiger partial charge in [0.05, 0.1) is 6.20 Å². The lowest BCUT2D eigenvalue weighted by Crippen LogP contribution is -2.24. The molecule has 0 atom stereocenters. The first-order chi connectivity index (χ1) is 11.6. The quantitative estimate of drug-likeness (QED) is 0.718. The van der Waals surface area contributed by atoms with E-state index >= 15 is 0 Å². The van der Waals surface area contributed by atoms with Gasteiger partial charge in [-0.25, -0.2) is 4.39 Å². The number of benzene rings is 1. The van der Waals surface area contributed by atoms with Crippen molar-refractivity contribution in [2.24, 2.45) is 7.05 Å². The lowest BCUT2D eigenvalue weighted by Gasteiger charge is -2.28. The second kappa shape index (κ2) is 8.86. The molecule has 4 heteroatoms. The van der Waals surface area contributed by atoms with Crippen LogP contribution in [-0.4, -0.2) is 23.4 Å². The van der Waals surface area contributed by atoms with Gasteiger partial charge in [0, 0.05) is 43.7 Å². The highest BCUT2D eigenvalue weighted by Gasteiger charge is 2.18. The van der Waals surface area contributed by atoms with Crippen LogP contribution in [0, 0.1) is 5.82 Å². The Morgan fingerprint density at radius 1 is 1.12 bits per heavy atom. The lowest BCUT2D eigenvalue weighted by atomic mass is 9.97. The number of aryl methyl sites for hydroxylation is 2. The summed E-state index contributed by atoms with van der Waals surface area (Å²) in [6.45, 7) is 5.46. The number of anilines is 1. The van der Waals surface area contributed by atoms with Gasteiger partial charge in [-0.2, -0.15) is 5.10 Å². The standard InChI is InChI=1S/C14H16FN3.C6H14/c1-17-5-3-4-10-6-12(13(15)7-14(10)17)11-8-16-18(2)9-11;1-3-5-6-4-2/h6-9H,3-5H2,1-2H3;3-6H2,1-2H3. The summed E-state index contributed by atoms with van der Waals surface area (Å²) < 4.78 is 15.9. The van der Waals surface area contributed by atoms with Gasteiger partial charge in [0.1, 0.15) is 5.82 Å². The number of halogens is 1. The van der Waals surface area contributed by atoms with Gasteiger partial charge >= 0.3 is 0 Å². The van der Waals surface area contributed by atoms with Gasteiger partial charge in [0.2, 0.25) is 0 Å². The minimum atomic E-state index is -0.171. The molecular weight excluding hydrogens is 301 g/mol. The van der Waals surface area contributed by atoms with E-state index in [1.54, 1.807) is 16.9 Å². The molecule has 3 nitrogen and oxygen atoms in total. The van der Waals surface area contributed by atoms with E-state index in [1.807, 2.05) is 26.4 Å². The molecule has 0 saturated carbocycles. The zero-order valence-electron chi connectivity index (χ0n) is 15.5. The summed E-state index contributed by atoms with van der Waals surface area (Å²) in [4.78, 5) is 2.12. The number of hydrogen-bond donors (Lipinski definition) is 0. The van der Waals surface area contributed by atoms with E-state index in [2.05, 4.69) is 23.8 Å². The number of hydrogen-bond acceptors (Lipinski definition) is 2. The fraction of sp³-hybridized carbons (Fsp3) is 0.550. The summed E-state index contributed by atoms with van der Waals surface area (Å²) in [5, 5.41) is 4.10. The Labute approximate surface area is 145 Å². The summed E-state index contributed by atoms with van der Waals surface area (Å²) >= 11 is 0. The first-order valence-electron chi connectivity index (χ1n) is 9.09. The molecule has 0 fully saturated rings. The van der Waals surface area contributed by atoms with Crippen LogP contribution in [0.3, 0.4) is 0 Å². The minimum absolute atomic E-state index is 0.171. The molecule has 0 bridgehead atoms. The van der Waals surface area contributed by atoms with Gasteiger partial charge in [-0.05, 0) is 30.5 Å². The zero-order chi connectivity index (χ0) is 17.5. The molecule has 2 aromatic rings. The molecule has 1 aliphatic rings. The minimum Gasteiger partial charge on any atom is -0.374 e. The maximum Gasteiger partial charge on any atom is 0.133 e. The zero-order valence-corrected chi connectivity index (χ0v) is 15.5. The predicted octanol–water partition coefficient (Wildman–Crippen LogP) is 5.20. The molecule has 0 amide bonds. The van der Waals surface area contributed by atoms with Crippen LogP contribution in [0.1, 0.15) is 51.5 Å². The Balaban J connectivity index is 0.000000301. The van der Waals surface area contributed by atoms with E-state index in [1.165, 1.54) is 31.2 Å². The van der Waals surface area contributed by atoms with Crippen LogP contribution in [0.15, 0.2) is 24.5 Å². The number of aromatic nitrogens is 2. The third kappa shape index (κ3) is 4.59. The van der Waals surface area contributed by atoms with Crippen molar-refractivity contribution in [1.82, 2.24) is 9.78 Å². The number of nitrogens with zero attached hydrogens (tertiary/aromatic N) is 3. The SMILES string of the molecule is CCCCCC.CN1CCCc2cc(-c3cnn(C)c3)c(F)cc21. The Kier molecular flexibility index (Phi) is 6.83. The van der Waals surface area contributed by atoms with Crippen LogP contribution in [0.25, 0.3) is 11.1 Å². The summed E-state index contributed by atoms with van der Waals surface area (Å²) in [6, 6.07) is 3.62. The molecule has 3 rings (SSSR count). The van der Waals surface area contributed by atoms with Crippen molar-refractivity contribution in [2.45, 2.75) is 52.4 Å². The van der Waals surface area contributed by atoms with E-state index < -0.39 is 0 Å². The van der Waals surface area contributed by atoms with Gasteiger partial charge in [-0.15, -0.1) is 0 Å². The maximum absolute atomic E-state index is 14.2. The lowest BCUT2D eigenvalue weighted by molar-refractivity contribution is 0.626. The van der Waals surface area contributed by atoms with Gasteiger partial charge in [-0.3, -0.25) is 4.68 Å². The number of rotatable bonds is 4. The van der Waals surface area contributed by atoms with Gasteiger partial charge in [-0.1, -0.05) is 39.5 Å². The normalized spacial score (nSPS) is 13.3. The van der Waals surface area contributed by atoms with Crippen LogP contribution in [-0.2, 0) is 13.5 Å². The average molecular weight is 331 g/mol. The highest BCUT2D eigenvalue weighted by molar-refractivity contribution is 5.69. The highest BCUT2D eigenvalue weighted by atomic mass is 19.1. The fourth-order valence-electron chi connectivity index (χ4n) is 3.07. The molecule has 24 heavy (non-hydrogen) atoms. The van der Waals surface area contributed by atoms with Gasteiger partial charge in [0.15, 0.2) is 0 Å². The molecule has 0 radical (unpaired) electrons. The first kappa shape index (κ1) is 18.5. The van der Waals surface area contributed by atoms with Gasteiger partial charge < -0.3 is 4.90 Å². The molecule has 2 heterocycles. The van der Waals surface area contributed by atoms with E-state index in [0.717, 1.165) is 30.6 Å². The van der Waals surface area contributed by atoms with Crippen molar-refractivity contribution in [2.75, 3.05) is 18.5 Å². The second-order valence-corrected chi connectivity index (χ2v) is 6.60. The van der Waals surface area contributed by atoms with Crippen molar-refractivity contribution in [1.29, 1.82) is 0 Å². The molecule has 1 aromatic carbocycles. The van der Waals surface area contributed by atoms with E-state index in [-0.39, 0.29) is 5.82 Å². The highest BCUT2D eigenvalue weighted by Crippen LogP contribution is 2.33. The van der Waals surface area contributed by atoms with Crippen molar-refractivity contribution >= 4 is 5.69 Å². The topological polar surface area (TPSA) is 21.1 Å². The molecule has 1 aliphatic heterocycles. The van der Waals surface area contributed by atoms with Crippen LogP contribution < -0.4 is 4.90 Å². The largest absolute Gasteiger partial charge is 0.374 e. The molecule has 0 aliphatic carbocycles. The fourth-order valence-corrected chi connectivity index (χ4v) is 3.07. The van der Waals surface area contributed by atoms with Crippen LogP contribution in [0.4, 0.5) is 10.1 Å². The second-order valence-electron chi connectivity index (χ2n) is 6.60. The summed E-state index contributed by atoms with van der Waals surface area (Å²) in [5.74, 6) is -0.171. The van der Waals surface area contributed by atoms with Crippen molar-refractivity contribution < 1.29 is 4.39 Å². The Bertz CT molecular complexity index is 644. The summed E-state index contributed by atoms with van der Waals surface area (Å²) in [7, 11) is 3.86. The van der Waals surface area contributed by atoms with Crippen LogP contribution >= 0.6 is 0 Å². The molecule has 0 spiro atoms. The molecule has 1 aromatic heterocycles. The van der Waals surface area contributed by atoms with Crippen LogP contribution in [0.2, 0.25) is 0 Å². The number of fused-ring (bicyclic) bond motifs is 1.